The van der Waals surface area contributed by atoms with Gasteiger partial charge in [-0.05, 0) is 31.5 Å². The highest BCUT2D eigenvalue weighted by molar-refractivity contribution is 5.55. The van der Waals surface area contributed by atoms with Crippen LogP contribution >= 0.6 is 0 Å². The van der Waals surface area contributed by atoms with E-state index in [1.807, 2.05) is 6.20 Å². The maximum absolute atomic E-state index is 4.33. The first kappa shape index (κ1) is 14.0. The van der Waals surface area contributed by atoms with Crippen molar-refractivity contribution in [3.8, 4) is 0 Å². The number of hydrogen-bond acceptors (Lipinski definition) is 4. The molecule has 110 valence electrons. The molecular weight excluding hydrogens is 260 g/mol. The Kier molecular flexibility index (Phi) is 4.46. The normalized spacial score (nSPS) is 14.3. The van der Waals surface area contributed by atoms with Gasteiger partial charge >= 0.3 is 0 Å². The van der Waals surface area contributed by atoms with Gasteiger partial charge in [0.25, 0.3) is 0 Å². The van der Waals surface area contributed by atoms with Gasteiger partial charge < -0.3 is 4.90 Å². The van der Waals surface area contributed by atoms with Gasteiger partial charge in [0.1, 0.15) is 0 Å². The van der Waals surface area contributed by atoms with E-state index in [9.17, 15) is 0 Å². The average molecular weight is 282 g/mol. The predicted molar refractivity (Wildman–Crippen MR) is 85.3 cm³/mol. The molecule has 0 fully saturated rings. The molecule has 2 aromatic rings. The zero-order valence-corrected chi connectivity index (χ0v) is 12.6. The second-order valence-corrected chi connectivity index (χ2v) is 5.65. The summed E-state index contributed by atoms with van der Waals surface area (Å²) in [6.07, 6.45) is 7.78. The molecule has 1 aliphatic rings. The summed E-state index contributed by atoms with van der Waals surface area (Å²) in [5.41, 5.74) is 3.93. The second kappa shape index (κ2) is 6.68. The van der Waals surface area contributed by atoms with Crippen LogP contribution in [-0.2, 0) is 13.0 Å². The number of aryl methyl sites for hydroxylation is 1. The van der Waals surface area contributed by atoms with Gasteiger partial charge in [0, 0.05) is 50.5 Å². The highest BCUT2D eigenvalue weighted by Gasteiger charge is 2.16. The third kappa shape index (κ3) is 3.58. The molecule has 3 rings (SSSR count). The fourth-order valence-corrected chi connectivity index (χ4v) is 2.90. The zero-order valence-electron chi connectivity index (χ0n) is 12.6. The van der Waals surface area contributed by atoms with Gasteiger partial charge in [0.15, 0.2) is 0 Å². The van der Waals surface area contributed by atoms with E-state index in [1.165, 1.54) is 24.1 Å². The van der Waals surface area contributed by atoms with Crippen molar-refractivity contribution >= 4 is 5.69 Å². The summed E-state index contributed by atoms with van der Waals surface area (Å²) < 4.78 is 0. The summed E-state index contributed by atoms with van der Waals surface area (Å²) in [6.45, 7) is 4.11. The van der Waals surface area contributed by atoms with Crippen LogP contribution in [0.2, 0.25) is 0 Å². The summed E-state index contributed by atoms with van der Waals surface area (Å²) in [5, 5.41) is 0. The number of fused-ring (bicyclic) bond motifs is 1. The summed E-state index contributed by atoms with van der Waals surface area (Å²) in [5.74, 6) is 0. The second-order valence-electron chi connectivity index (χ2n) is 5.65. The van der Waals surface area contributed by atoms with E-state index < -0.39 is 0 Å². The number of likely N-dealkylation sites (N-methyl/N-ethyl adjacent to an activating group) is 1. The van der Waals surface area contributed by atoms with Crippen LogP contribution in [0.3, 0.4) is 0 Å². The lowest BCUT2D eigenvalue weighted by Gasteiger charge is -2.32. The molecule has 2 heterocycles. The summed E-state index contributed by atoms with van der Waals surface area (Å²) in [4.78, 5) is 13.3. The maximum Gasteiger partial charge on any atom is 0.0726 e. The monoisotopic (exact) mass is 282 g/mol. The Hall–Kier alpha value is -1.94. The first-order valence-electron chi connectivity index (χ1n) is 7.59. The molecule has 0 N–H and O–H groups in total. The Bertz CT molecular complexity index is 570. The van der Waals surface area contributed by atoms with Crippen molar-refractivity contribution in [2.24, 2.45) is 0 Å². The Balaban J connectivity index is 1.56. The molecule has 0 aliphatic carbocycles. The Labute approximate surface area is 126 Å². The number of anilines is 1. The van der Waals surface area contributed by atoms with Gasteiger partial charge in [-0.15, -0.1) is 0 Å². The first-order valence-corrected chi connectivity index (χ1v) is 7.59. The van der Waals surface area contributed by atoms with Crippen LogP contribution in [0.15, 0.2) is 42.9 Å². The average Bonchev–Trinajstić information content (AvgIpc) is 2.54. The third-order valence-electron chi connectivity index (χ3n) is 4.01. The van der Waals surface area contributed by atoms with Crippen LogP contribution in [0.25, 0.3) is 0 Å². The third-order valence-corrected chi connectivity index (χ3v) is 4.01. The number of para-hydroxylation sites is 1. The van der Waals surface area contributed by atoms with Gasteiger partial charge in [0.2, 0.25) is 0 Å². The number of aromatic nitrogens is 2. The molecule has 0 radical (unpaired) electrons. The first-order chi connectivity index (χ1) is 10.3. The van der Waals surface area contributed by atoms with Crippen molar-refractivity contribution in [2.45, 2.75) is 19.4 Å². The number of nitrogens with zero attached hydrogens (tertiary/aromatic N) is 4. The minimum atomic E-state index is 0.851. The number of rotatable bonds is 5. The molecule has 0 saturated carbocycles. The lowest BCUT2D eigenvalue weighted by atomic mass is 10.0. The van der Waals surface area contributed by atoms with Crippen molar-refractivity contribution in [2.75, 3.05) is 31.6 Å². The van der Waals surface area contributed by atoms with E-state index in [1.54, 1.807) is 12.4 Å². The summed E-state index contributed by atoms with van der Waals surface area (Å²) in [6, 6.07) is 8.78. The molecule has 1 aliphatic heterocycles. The molecule has 4 heteroatoms. The molecule has 0 amide bonds. The molecule has 1 aromatic carbocycles. The minimum Gasteiger partial charge on any atom is -0.370 e. The van der Waals surface area contributed by atoms with Crippen LogP contribution in [0.4, 0.5) is 5.69 Å². The topological polar surface area (TPSA) is 32.3 Å². The molecule has 0 bridgehead atoms. The molecule has 0 atom stereocenters. The molecule has 1 aromatic heterocycles. The van der Waals surface area contributed by atoms with E-state index in [-0.39, 0.29) is 0 Å². The predicted octanol–water partition coefficient (Wildman–Crippen LogP) is 2.36. The minimum absolute atomic E-state index is 0.851. The highest BCUT2D eigenvalue weighted by Crippen LogP contribution is 2.26. The summed E-state index contributed by atoms with van der Waals surface area (Å²) in [7, 11) is 2.14. The molecule has 21 heavy (non-hydrogen) atoms. The van der Waals surface area contributed by atoms with Crippen LogP contribution in [0.5, 0.6) is 0 Å². The summed E-state index contributed by atoms with van der Waals surface area (Å²) >= 11 is 0. The van der Waals surface area contributed by atoms with Gasteiger partial charge in [0.05, 0.1) is 5.69 Å². The van der Waals surface area contributed by atoms with Crippen LogP contribution in [0.1, 0.15) is 17.7 Å². The van der Waals surface area contributed by atoms with E-state index in [4.69, 9.17) is 0 Å². The lowest BCUT2D eigenvalue weighted by molar-refractivity contribution is 0.327. The van der Waals surface area contributed by atoms with E-state index >= 15 is 0 Å². The quantitative estimate of drug-likeness (QED) is 0.843. The lowest BCUT2D eigenvalue weighted by Crippen LogP contribution is -2.36. The zero-order chi connectivity index (χ0) is 14.5. The van der Waals surface area contributed by atoms with Crippen LogP contribution < -0.4 is 4.90 Å². The fourth-order valence-electron chi connectivity index (χ4n) is 2.90. The van der Waals surface area contributed by atoms with Crippen molar-refractivity contribution in [1.29, 1.82) is 0 Å². The van der Waals surface area contributed by atoms with Crippen molar-refractivity contribution < 1.29 is 0 Å². The van der Waals surface area contributed by atoms with E-state index in [2.05, 4.69) is 51.1 Å². The molecular formula is C17H22N4. The van der Waals surface area contributed by atoms with Gasteiger partial charge in [-0.3, -0.25) is 14.9 Å². The fraction of sp³-hybridized carbons (Fsp3) is 0.412. The molecule has 0 spiro atoms. The van der Waals surface area contributed by atoms with E-state index in [0.717, 1.165) is 31.9 Å². The van der Waals surface area contributed by atoms with Gasteiger partial charge in [-0.2, -0.15) is 0 Å². The standard InChI is InChI=1S/C17H22N4/c1-20(14-16-13-18-8-9-19-16)11-12-21-10-4-6-15-5-2-3-7-17(15)21/h2-3,5,7-9,13H,4,6,10-12,14H2,1H3. The SMILES string of the molecule is CN(CCN1CCCc2ccccc21)Cc1cnccn1. The van der Waals surface area contributed by atoms with Gasteiger partial charge in [-0.1, -0.05) is 18.2 Å². The molecule has 4 nitrogen and oxygen atoms in total. The molecule has 0 saturated heterocycles. The van der Waals surface area contributed by atoms with Crippen molar-refractivity contribution in [3.63, 3.8) is 0 Å². The van der Waals surface area contributed by atoms with E-state index in [0.29, 0.717) is 0 Å². The highest BCUT2D eigenvalue weighted by atomic mass is 15.2. The smallest absolute Gasteiger partial charge is 0.0726 e. The maximum atomic E-state index is 4.33. The number of hydrogen-bond donors (Lipinski definition) is 0. The van der Waals surface area contributed by atoms with Crippen LogP contribution in [0, 0.1) is 0 Å². The van der Waals surface area contributed by atoms with Crippen LogP contribution in [-0.4, -0.2) is 41.5 Å². The van der Waals surface area contributed by atoms with Gasteiger partial charge in [-0.25, -0.2) is 0 Å². The van der Waals surface area contributed by atoms with Crippen molar-refractivity contribution in [1.82, 2.24) is 14.9 Å². The molecule has 0 unspecified atom stereocenters. The number of benzene rings is 1. The Morgan fingerprint density at radius 1 is 1.24 bits per heavy atom. The van der Waals surface area contributed by atoms with Crippen molar-refractivity contribution in [3.05, 3.63) is 54.1 Å². The largest absolute Gasteiger partial charge is 0.370 e. The Morgan fingerprint density at radius 3 is 3.00 bits per heavy atom. The Morgan fingerprint density at radius 2 is 2.14 bits per heavy atom.